The van der Waals surface area contributed by atoms with Crippen LogP contribution in [0.2, 0.25) is 0 Å². The maximum Gasteiger partial charge on any atom is 0.253 e. The van der Waals surface area contributed by atoms with E-state index in [2.05, 4.69) is 15.2 Å². The van der Waals surface area contributed by atoms with Crippen LogP contribution in [0.4, 0.5) is 4.39 Å². The van der Waals surface area contributed by atoms with E-state index in [0.717, 1.165) is 16.5 Å². The van der Waals surface area contributed by atoms with Crippen LogP contribution in [0.5, 0.6) is 5.75 Å². The number of hydrogen-bond donors (Lipinski definition) is 1. The van der Waals surface area contributed by atoms with E-state index in [9.17, 15) is 9.18 Å². The summed E-state index contributed by atoms with van der Waals surface area (Å²) in [4.78, 5) is 18.3. The quantitative estimate of drug-likeness (QED) is 0.568. The molecule has 2 heterocycles. The number of aromatic amines is 1. The molecule has 0 aliphatic carbocycles. The van der Waals surface area contributed by atoms with Crippen molar-refractivity contribution in [2.75, 3.05) is 21.2 Å². The van der Waals surface area contributed by atoms with Crippen molar-refractivity contribution in [2.45, 2.75) is 0 Å². The first-order chi connectivity index (χ1) is 14.0. The molecule has 0 fully saturated rings. The number of ether oxygens (including phenoxy) is 1. The summed E-state index contributed by atoms with van der Waals surface area (Å²) in [5.41, 5.74) is 4.19. The third-order valence-corrected chi connectivity index (χ3v) is 4.68. The number of methoxy groups -OCH3 is 1. The molecule has 0 aliphatic rings. The Morgan fingerprint density at radius 1 is 1.10 bits per heavy atom. The van der Waals surface area contributed by atoms with Crippen molar-refractivity contribution in [3.05, 3.63) is 66.1 Å². The molecule has 0 bridgehead atoms. The van der Waals surface area contributed by atoms with Gasteiger partial charge in [0.25, 0.3) is 5.91 Å². The maximum atomic E-state index is 13.6. The van der Waals surface area contributed by atoms with Crippen LogP contribution in [0.1, 0.15) is 10.4 Å². The van der Waals surface area contributed by atoms with Gasteiger partial charge in [-0.2, -0.15) is 5.10 Å². The number of hydrogen-bond acceptors (Lipinski definition) is 4. The first-order valence-electron chi connectivity index (χ1n) is 8.98. The van der Waals surface area contributed by atoms with Crippen LogP contribution in [0, 0.1) is 5.82 Å². The molecule has 146 valence electrons. The highest BCUT2D eigenvalue weighted by atomic mass is 19.1. The van der Waals surface area contributed by atoms with Crippen LogP contribution in [0.15, 0.2) is 54.7 Å². The number of pyridine rings is 1. The molecule has 4 aromatic rings. The van der Waals surface area contributed by atoms with Gasteiger partial charge in [-0.3, -0.25) is 9.89 Å². The Hall–Kier alpha value is -3.74. The van der Waals surface area contributed by atoms with Crippen LogP contribution in [0.3, 0.4) is 0 Å². The van der Waals surface area contributed by atoms with Crippen molar-refractivity contribution in [1.29, 1.82) is 0 Å². The van der Waals surface area contributed by atoms with Gasteiger partial charge in [-0.05, 0) is 35.9 Å². The Bertz CT molecular complexity index is 1220. The average Bonchev–Trinajstić information content (AvgIpc) is 3.16. The first kappa shape index (κ1) is 18.6. The fourth-order valence-electron chi connectivity index (χ4n) is 3.22. The summed E-state index contributed by atoms with van der Waals surface area (Å²) < 4.78 is 18.9. The highest BCUT2D eigenvalue weighted by Crippen LogP contribution is 2.35. The highest BCUT2D eigenvalue weighted by Gasteiger charge is 2.16. The summed E-state index contributed by atoms with van der Waals surface area (Å²) in [6, 6.07) is 13.7. The molecular formula is C22H19FN4O2. The summed E-state index contributed by atoms with van der Waals surface area (Å²) >= 11 is 0. The molecule has 2 aromatic heterocycles. The zero-order valence-corrected chi connectivity index (χ0v) is 16.2. The van der Waals surface area contributed by atoms with Crippen molar-refractivity contribution in [1.82, 2.24) is 20.1 Å². The highest BCUT2D eigenvalue weighted by molar-refractivity contribution is 5.97. The number of benzene rings is 2. The number of rotatable bonds is 4. The smallest absolute Gasteiger partial charge is 0.253 e. The second-order valence-electron chi connectivity index (χ2n) is 6.82. The van der Waals surface area contributed by atoms with Crippen molar-refractivity contribution in [3.8, 4) is 28.1 Å². The van der Waals surface area contributed by atoms with Gasteiger partial charge in [-0.1, -0.05) is 12.1 Å². The number of aromatic nitrogens is 3. The zero-order chi connectivity index (χ0) is 20.5. The van der Waals surface area contributed by atoms with E-state index < -0.39 is 0 Å². The monoisotopic (exact) mass is 390 g/mol. The lowest BCUT2D eigenvalue weighted by Gasteiger charge is -2.11. The van der Waals surface area contributed by atoms with Gasteiger partial charge < -0.3 is 9.64 Å². The van der Waals surface area contributed by atoms with Crippen LogP contribution < -0.4 is 4.74 Å². The number of nitrogens with one attached hydrogen (secondary N) is 1. The molecule has 0 unspecified atom stereocenters. The summed E-state index contributed by atoms with van der Waals surface area (Å²) in [6.07, 6.45) is 1.73. The second kappa shape index (κ2) is 7.35. The normalized spacial score (nSPS) is 10.9. The minimum Gasteiger partial charge on any atom is -0.496 e. The van der Waals surface area contributed by atoms with Gasteiger partial charge in [0.1, 0.15) is 17.3 Å². The van der Waals surface area contributed by atoms with Gasteiger partial charge in [-0.15, -0.1) is 0 Å². The largest absolute Gasteiger partial charge is 0.496 e. The van der Waals surface area contributed by atoms with Gasteiger partial charge in [0, 0.05) is 48.4 Å². The summed E-state index contributed by atoms with van der Waals surface area (Å²) in [7, 11) is 4.93. The lowest BCUT2D eigenvalue weighted by atomic mass is 10.0. The summed E-state index contributed by atoms with van der Waals surface area (Å²) in [5.74, 6) is -0.0602. The molecule has 0 radical (unpaired) electrons. The van der Waals surface area contributed by atoms with Gasteiger partial charge in [0.2, 0.25) is 0 Å². The third kappa shape index (κ3) is 3.42. The van der Waals surface area contributed by atoms with Crippen molar-refractivity contribution in [3.63, 3.8) is 0 Å². The fourth-order valence-corrected chi connectivity index (χ4v) is 3.22. The molecule has 2 aromatic carbocycles. The first-order valence-corrected chi connectivity index (χ1v) is 8.98. The van der Waals surface area contributed by atoms with E-state index in [1.165, 1.54) is 24.1 Å². The van der Waals surface area contributed by atoms with Crippen LogP contribution >= 0.6 is 0 Å². The number of H-pyrrole nitrogens is 1. The number of nitrogens with zero attached hydrogens (tertiary/aromatic N) is 3. The molecule has 4 rings (SSSR count). The van der Waals surface area contributed by atoms with Crippen molar-refractivity contribution in [2.24, 2.45) is 0 Å². The standard InChI is InChI=1S/C22H19FN4O2/c1-27(2)22(28)14-6-4-5-13(9-14)15-10-18-20(25-26-21(18)24-12-15)17-8-7-16(23)11-19(17)29-3/h4-12H,1-3H3,(H,24,25,26). The van der Waals surface area contributed by atoms with Gasteiger partial charge in [-0.25, -0.2) is 9.37 Å². The van der Waals surface area contributed by atoms with Gasteiger partial charge in [0.05, 0.1) is 7.11 Å². The summed E-state index contributed by atoms with van der Waals surface area (Å²) in [6.45, 7) is 0. The lowest BCUT2D eigenvalue weighted by Crippen LogP contribution is -2.21. The number of fused-ring (bicyclic) bond motifs is 1. The number of carbonyl (C=O) groups excluding carboxylic acids is 1. The fraction of sp³-hybridized carbons (Fsp3) is 0.136. The third-order valence-electron chi connectivity index (χ3n) is 4.68. The Kier molecular flexibility index (Phi) is 4.72. The molecule has 0 saturated heterocycles. The lowest BCUT2D eigenvalue weighted by molar-refractivity contribution is 0.0827. The van der Waals surface area contributed by atoms with E-state index in [1.54, 1.807) is 32.4 Å². The molecule has 0 saturated carbocycles. The molecule has 0 aliphatic heterocycles. The topological polar surface area (TPSA) is 71.1 Å². The number of halogens is 1. The molecule has 0 atom stereocenters. The van der Waals surface area contributed by atoms with E-state index in [4.69, 9.17) is 4.74 Å². The predicted octanol–water partition coefficient (Wildman–Crippen LogP) is 4.14. The minimum atomic E-state index is -0.383. The van der Waals surface area contributed by atoms with E-state index in [-0.39, 0.29) is 11.7 Å². The Morgan fingerprint density at radius 3 is 2.69 bits per heavy atom. The number of carbonyl (C=O) groups is 1. The maximum absolute atomic E-state index is 13.6. The van der Waals surface area contributed by atoms with Crippen LogP contribution in [0.25, 0.3) is 33.4 Å². The second-order valence-corrected chi connectivity index (χ2v) is 6.82. The molecule has 7 heteroatoms. The van der Waals surface area contributed by atoms with E-state index in [1.807, 2.05) is 24.3 Å². The average molecular weight is 390 g/mol. The van der Waals surface area contributed by atoms with E-state index >= 15 is 0 Å². The van der Waals surface area contributed by atoms with Crippen molar-refractivity contribution < 1.29 is 13.9 Å². The Balaban J connectivity index is 1.83. The Labute approximate surface area is 167 Å². The Morgan fingerprint density at radius 2 is 1.93 bits per heavy atom. The predicted molar refractivity (Wildman–Crippen MR) is 109 cm³/mol. The van der Waals surface area contributed by atoms with E-state index in [0.29, 0.717) is 28.2 Å². The number of amides is 1. The zero-order valence-electron chi connectivity index (χ0n) is 16.2. The molecule has 29 heavy (non-hydrogen) atoms. The minimum absolute atomic E-state index is 0.0686. The van der Waals surface area contributed by atoms with Crippen LogP contribution in [-0.4, -0.2) is 47.2 Å². The molecule has 0 spiro atoms. The summed E-state index contributed by atoms with van der Waals surface area (Å²) in [5, 5.41) is 8.04. The van der Waals surface area contributed by atoms with Crippen LogP contribution in [-0.2, 0) is 0 Å². The van der Waals surface area contributed by atoms with Crippen molar-refractivity contribution >= 4 is 16.9 Å². The SMILES string of the molecule is COc1cc(F)ccc1-c1n[nH]c2ncc(-c3cccc(C(=O)N(C)C)c3)cc12. The molecular weight excluding hydrogens is 371 g/mol. The molecule has 1 amide bonds. The van der Waals surface area contributed by atoms with Gasteiger partial charge in [0.15, 0.2) is 5.65 Å². The molecule has 6 nitrogen and oxygen atoms in total. The van der Waals surface area contributed by atoms with Gasteiger partial charge >= 0.3 is 0 Å². The molecule has 1 N–H and O–H groups in total.